The smallest absolute Gasteiger partial charge is 0.0640 e. The normalized spacial score (nSPS) is 16.6. The molecule has 1 unspecified atom stereocenters. The molecule has 0 spiro atoms. The summed E-state index contributed by atoms with van der Waals surface area (Å²) in [4.78, 5) is 1.41. The Morgan fingerprint density at radius 2 is 2.11 bits per heavy atom. The van der Waals surface area contributed by atoms with E-state index in [1.165, 1.54) is 23.3 Å². The van der Waals surface area contributed by atoms with Crippen LogP contribution in [0.1, 0.15) is 29.3 Å². The molecule has 1 aromatic heterocycles. The number of hydrogen-bond donors (Lipinski definition) is 1. The topological polar surface area (TPSA) is 12.0 Å². The predicted molar refractivity (Wildman–Crippen MR) is 79.6 cm³/mol. The highest BCUT2D eigenvalue weighted by molar-refractivity contribution is 7.10. The van der Waals surface area contributed by atoms with Gasteiger partial charge in [0.15, 0.2) is 0 Å². The number of anilines is 1. The number of halogens is 1. The third-order valence-electron chi connectivity index (χ3n) is 3.46. The first-order chi connectivity index (χ1) is 8.75. The van der Waals surface area contributed by atoms with Crippen molar-refractivity contribution in [2.75, 3.05) is 5.32 Å². The summed E-state index contributed by atoms with van der Waals surface area (Å²) in [5.41, 5.74) is 2.30. The van der Waals surface area contributed by atoms with Crippen LogP contribution in [0.25, 0.3) is 0 Å². The minimum absolute atomic E-state index is 0.420. The maximum absolute atomic E-state index is 6.30. The Bertz CT molecular complexity index is 511. The molecule has 0 saturated heterocycles. The first-order valence-corrected chi connectivity index (χ1v) is 7.56. The van der Waals surface area contributed by atoms with Gasteiger partial charge in [0.25, 0.3) is 0 Å². The number of benzene rings is 1. The monoisotopic (exact) mass is 277 g/mol. The summed E-state index contributed by atoms with van der Waals surface area (Å²) in [6.07, 6.45) is 2.64. The van der Waals surface area contributed by atoms with Crippen LogP contribution in [-0.4, -0.2) is 0 Å². The fraction of sp³-hybridized carbons (Fsp3) is 0.333. The minimum Gasteiger partial charge on any atom is -0.376 e. The molecule has 1 heterocycles. The average Bonchev–Trinajstić information content (AvgIpc) is 3.04. The van der Waals surface area contributed by atoms with Crippen molar-refractivity contribution in [2.45, 2.75) is 25.8 Å². The van der Waals surface area contributed by atoms with E-state index in [1.807, 2.05) is 23.5 Å². The third kappa shape index (κ3) is 2.40. The lowest BCUT2D eigenvalue weighted by atomic mass is 10.1. The van der Waals surface area contributed by atoms with Crippen LogP contribution in [0.2, 0.25) is 5.02 Å². The molecule has 3 heteroatoms. The zero-order valence-corrected chi connectivity index (χ0v) is 11.9. The van der Waals surface area contributed by atoms with Gasteiger partial charge in [0.05, 0.1) is 16.8 Å². The van der Waals surface area contributed by atoms with Gasteiger partial charge in [-0.15, -0.1) is 11.3 Å². The first kappa shape index (κ1) is 12.1. The molecule has 0 radical (unpaired) electrons. The van der Waals surface area contributed by atoms with Gasteiger partial charge in [-0.05, 0) is 48.8 Å². The van der Waals surface area contributed by atoms with Gasteiger partial charge in [-0.25, -0.2) is 0 Å². The van der Waals surface area contributed by atoms with Crippen molar-refractivity contribution in [3.05, 3.63) is 51.2 Å². The van der Waals surface area contributed by atoms with Gasteiger partial charge in [-0.3, -0.25) is 0 Å². The van der Waals surface area contributed by atoms with E-state index in [4.69, 9.17) is 11.6 Å². The van der Waals surface area contributed by atoms with Crippen LogP contribution in [0.5, 0.6) is 0 Å². The van der Waals surface area contributed by atoms with E-state index in [9.17, 15) is 0 Å². The summed E-state index contributed by atoms with van der Waals surface area (Å²) in [6.45, 7) is 2.10. The van der Waals surface area contributed by atoms with E-state index >= 15 is 0 Å². The van der Waals surface area contributed by atoms with Crippen LogP contribution in [0.15, 0.2) is 35.7 Å². The largest absolute Gasteiger partial charge is 0.376 e. The molecule has 3 rings (SSSR count). The van der Waals surface area contributed by atoms with Crippen molar-refractivity contribution in [3.63, 3.8) is 0 Å². The molecule has 1 N–H and O–H groups in total. The van der Waals surface area contributed by atoms with Gasteiger partial charge >= 0.3 is 0 Å². The molecule has 1 fully saturated rings. The Kier molecular flexibility index (Phi) is 3.31. The maximum atomic E-state index is 6.30. The van der Waals surface area contributed by atoms with Crippen molar-refractivity contribution in [1.29, 1.82) is 0 Å². The second-order valence-corrected chi connectivity index (χ2v) is 6.29. The second kappa shape index (κ2) is 4.94. The van der Waals surface area contributed by atoms with Crippen molar-refractivity contribution >= 4 is 28.6 Å². The molecule has 1 aliphatic rings. The fourth-order valence-corrected chi connectivity index (χ4v) is 3.44. The van der Waals surface area contributed by atoms with Crippen molar-refractivity contribution < 1.29 is 0 Å². The van der Waals surface area contributed by atoms with Crippen LogP contribution < -0.4 is 5.32 Å². The van der Waals surface area contributed by atoms with E-state index in [2.05, 4.69) is 35.8 Å². The average molecular weight is 278 g/mol. The second-order valence-electron chi connectivity index (χ2n) is 4.91. The van der Waals surface area contributed by atoms with E-state index in [1.54, 1.807) is 0 Å². The number of thiophene rings is 1. The summed E-state index contributed by atoms with van der Waals surface area (Å²) in [6, 6.07) is 10.8. The van der Waals surface area contributed by atoms with Crippen LogP contribution in [0.3, 0.4) is 0 Å². The van der Waals surface area contributed by atoms with Gasteiger partial charge in [-0.2, -0.15) is 0 Å². The molecule has 1 aliphatic carbocycles. The van der Waals surface area contributed by atoms with Crippen LogP contribution in [0, 0.1) is 12.8 Å². The minimum atomic E-state index is 0.420. The Morgan fingerprint density at radius 3 is 2.72 bits per heavy atom. The lowest BCUT2D eigenvalue weighted by Crippen LogP contribution is -2.12. The molecular formula is C15H16ClNS. The number of aryl methyl sites for hydroxylation is 1. The Balaban J connectivity index is 1.89. The fourth-order valence-electron chi connectivity index (χ4n) is 2.29. The molecule has 2 aromatic rings. The molecule has 1 aromatic carbocycles. The molecule has 1 atom stereocenters. The lowest BCUT2D eigenvalue weighted by molar-refractivity contribution is 0.690. The van der Waals surface area contributed by atoms with Crippen molar-refractivity contribution in [1.82, 2.24) is 0 Å². The molecule has 1 saturated carbocycles. The summed E-state index contributed by atoms with van der Waals surface area (Å²) in [5.74, 6) is 0.763. The molecule has 0 amide bonds. The van der Waals surface area contributed by atoms with Gasteiger partial charge in [0, 0.05) is 4.88 Å². The summed E-state index contributed by atoms with van der Waals surface area (Å²) < 4.78 is 0. The quantitative estimate of drug-likeness (QED) is 0.802. The molecule has 0 bridgehead atoms. The van der Waals surface area contributed by atoms with Gasteiger partial charge in [0.1, 0.15) is 0 Å². The molecule has 1 nitrogen and oxygen atoms in total. The molecule has 94 valence electrons. The maximum Gasteiger partial charge on any atom is 0.0640 e. The molecule has 18 heavy (non-hydrogen) atoms. The van der Waals surface area contributed by atoms with E-state index < -0.39 is 0 Å². The lowest BCUT2D eigenvalue weighted by Gasteiger charge is -2.20. The highest BCUT2D eigenvalue weighted by Gasteiger charge is 2.33. The summed E-state index contributed by atoms with van der Waals surface area (Å²) >= 11 is 8.13. The number of hydrogen-bond acceptors (Lipinski definition) is 2. The first-order valence-electron chi connectivity index (χ1n) is 6.31. The van der Waals surface area contributed by atoms with E-state index in [0.29, 0.717) is 6.04 Å². The third-order valence-corrected chi connectivity index (χ3v) is 4.74. The zero-order valence-electron chi connectivity index (χ0n) is 10.3. The molecule has 0 aliphatic heterocycles. The Labute approximate surface area is 117 Å². The molecular weight excluding hydrogens is 262 g/mol. The number of para-hydroxylation sites is 1. The Morgan fingerprint density at radius 1 is 1.28 bits per heavy atom. The highest BCUT2D eigenvalue weighted by atomic mass is 35.5. The van der Waals surface area contributed by atoms with E-state index in [0.717, 1.165) is 16.6 Å². The van der Waals surface area contributed by atoms with Gasteiger partial charge in [0.2, 0.25) is 0 Å². The van der Waals surface area contributed by atoms with Crippen molar-refractivity contribution in [2.24, 2.45) is 5.92 Å². The summed E-state index contributed by atoms with van der Waals surface area (Å²) in [5, 5.41) is 6.62. The van der Waals surface area contributed by atoms with Crippen LogP contribution >= 0.6 is 22.9 Å². The van der Waals surface area contributed by atoms with Crippen molar-refractivity contribution in [3.8, 4) is 0 Å². The zero-order chi connectivity index (χ0) is 12.5. The SMILES string of the molecule is Cc1cccc(Cl)c1NC(c1cccs1)C1CC1. The van der Waals surface area contributed by atoms with E-state index in [-0.39, 0.29) is 0 Å². The standard InChI is InChI=1S/C15H16ClNS/c1-10-4-2-5-12(16)14(10)17-15(11-7-8-11)13-6-3-9-18-13/h2-6,9,11,15,17H,7-8H2,1H3. The predicted octanol–water partition coefficient (Wildman–Crippen LogP) is 5.27. The number of rotatable bonds is 4. The Hall–Kier alpha value is -0.990. The van der Waals surface area contributed by atoms with Gasteiger partial charge in [-0.1, -0.05) is 29.8 Å². The highest BCUT2D eigenvalue weighted by Crippen LogP contribution is 2.45. The summed E-state index contributed by atoms with van der Waals surface area (Å²) in [7, 11) is 0. The van der Waals surface area contributed by atoms with Crippen LogP contribution in [0.4, 0.5) is 5.69 Å². The van der Waals surface area contributed by atoms with Crippen LogP contribution in [-0.2, 0) is 0 Å². The number of nitrogens with one attached hydrogen (secondary N) is 1. The van der Waals surface area contributed by atoms with Gasteiger partial charge < -0.3 is 5.32 Å².